The average molecular weight is 410 g/mol. The Morgan fingerprint density at radius 1 is 0.897 bits per heavy atom. The van der Waals surface area contributed by atoms with Crippen molar-refractivity contribution in [3.05, 3.63) is 29.1 Å². The number of aromatic nitrogens is 1. The van der Waals surface area contributed by atoms with Gasteiger partial charge in [-0.25, -0.2) is 0 Å². The number of nitrogens with zero attached hydrogens (tertiary/aromatic N) is 1. The van der Waals surface area contributed by atoms with Crippen LogP contribution in [0, 0.1) is 13.8 Å². The van der Waals surface area contributed by atoms with Gasteiger partial charge in [0.15, 0.2) is 0 Å². The van der Waals surface area contributed by atoms with Crippen molar-refractivity contribution in [2.45, 2.75) is 66.2 Å². The van der Waals surface area contributed by atoms with Gasteiger partial charge in [0.2, 0.25) is 0 Å². The number of carbonyl (C=O) groups excluding carboxylic acids is 2. The van der Waals surface area contributed by atoms with Crippen LogP contribution in [0.3, 0.4) is 0 Å². The lowest BCUT2D eigenvalue weighted by molar-refractivity contribution is -0.143. The van der Waals surface area contributed by atoms with Crippen molar-refractivity contribution in [2.75, 3.05) is 32.8 Å². The van der Waals surface area contributed by atoms with Crippen LogP contribution in [-0.2, 0) is 25.5 Å². The molecule has 0 aliphatic rings. The van der Waals surface area contributed by atoms with Crippen LogP contribution < -0.4 is 11.1 Å². The number of carbonyl (C=O) groups is 2. The first-order chi connectivity index (χ1) is 13.9. The minimum absolute atomic E-state index is 0.0344. The van der Waals surface area contributed by atoms with Crippen molar-refractivity contribution in [2.24, 2.45) is 5.73 Å². The van der Waals surface area contributed by atoms with Crippen LogP contribution in [0.25, 0.3) is 0 Å². The van der Waals surface area contributed by atoms with Crippen LogP contribution in [-0.4, -0.2) is 49.8 Å². The topological polar surface area (TPSA) is 104 Å². The van der Waals surface area contributed by atoms with E-state index in [1.54, 1.807) is 13.8 Å². The van der Waals surface area contributed by atoms with Crippen molar-refractivity contribution in [3.8, 4) is 0 Å². The number of rotatable bonds is 13. The first-order valence-corrected chi connectivity index (χ1v) is 10.6. The molecule has 0 spiro atoms. The van der Waals surface area contributed by atoms with Gasteiger partial charge in [-0.3, -0.25) is 19.9 Å². The van der Waals surface area contributed by atoms with E-state index < -0.39 is 0 Å². The Hall–Kier alpha value is -1.99. The third kappa shape index (κ3) is 16.6. The van der Waals surface area contributed by atoms with Crippen LogP contribution in [0.15, 0.2) is 12.1 Å². The second kappa shape index (κ2) is 18.1. The second-order valence-corrected chi connectivity index (χ2v) is 6.78. The fraction of sp³-hybridized carbons (Fsp3) is 0.682. The molecule has 29 heavy (non-hydrogen) atoms. The normalized spacial score (nSPS) is 10.1. The Balaban J connectivity index is 0.000000555. The first kappa shape index (κ1) is 27.0. The quantitative estimate of drug-likeness (QED) is 0.381. The predicted octanol–water partition coefficient (Wildman–Crippen LogP) is 2.85. The highest BCUT2D eigenvalue weighted by molar-refractivity contribution is 5.74. The van der Waals surface area contributed by atoms with Crippen LogP contribution in [0.4, 0.5) is 0 Å². The fourth-order valence-electron chi connectivity index (χ4n) is 2.76. The van der Waals surface area contributed by atoms with Gasteiger partial charge in [-0.15, -0.1) is 0 Å². The summed E-state index contributed by atoms with van der Waals surface area (Å²) in [4.78, 5) is 25.9. The molecule has 0 amide bonds. The highest BCUT2D eigenvalue weighted by atomic mass is 16.5. The molecule has 7 nitrogen and oxygen atoms in total. The number of aryl methyl sites for hydroxylation is 3. The number of nitrogens with two attached hydrogens (primary N) is 1. The van der Waals surface area contributed by atoms with E-state index in [2.05, 4.69) is 45.8 Å². The number of hydrogen-bond donors (Lipinski definition) is 2. The Bertz CT molecular complexity index is 541. The summed E-state index contributed by atoms with van der Waals surface area (Å²) in [5, 5.41) is 2.61. The van der Waals surface area contributed by atoms with Gasteiger partial charge in [-0.1, -0.05) is 19.3 Å². The lowest BCUT2D eigenvalue weighted by Gasteiger charge is -2.04. The molecule has 1 heterocycles. The van der Waals surface area contributed by atoms with E-state index in [9.17, 15) is 9.59 Å². The SMILES string of the molecule is CCOC(=O)CNCC(=O)OCC.Cc1cc(CCCCCCCN)cc(C)n1. The number of ether oxygens (including phenoxy) is 2. The van der Waals surface area contributed by atoms with Gasteiger partial charge in [0.05, 0.1) is 26.3 Å². The van der Waals surface area contributed by atoms with E-state index in [-0.39, 0.29) is 25.0 Å². The summed E-state index contributed by atoms with van der Waals surface area (Å²) in [6, 6.07) is 4.40. The Morgan fingerprint density at radius 2 is 1.38 bits per heavy atom. The van der Waals surface area contributed by atoms with Crippen LogP contribution in [0.5, 0.6) is 0 Å². The maximum atomic E-state index is 10.7. The summed E-state index contributed by atoms with van der Waals surface area (Å²) in [5.74, 6) is -0.737. The third-order valence-electron chi connectivity index (χ3n) is 3.96. The van der Waals surface area contributed by atoms with Crippen molar-refractivity contribution >= 4 is 11.9 Å². The van der Waals surface area contributed by atoms with Gasteiger partial charge in [-0.2, -0.15) is 0 Å². The molecule has 0 fully saturated rings. The molecular formula is C22H39N3O4. The highest BCUT2D eigenvalue weighted by Gasteiger charge is 2.04. The molecular weight excluding hydrogens is 370 g/mol. The number of nitrogens with one attached hydrogen (secondary N) is 1. The number of hydrogen-bond acceptors (Lipinski definition) is 7. The Kier molecular flexibility index (Phi) is 16.8. The molecule has 0 bridgehead atoms. The van der Waals surface area contributed by atoms with Crippen LogP contribution in [0.1, 0.15) is 62.9 Å². The minimum Gasteiger partial charge on any atom is -0.465 e. The smallest absolute Gasteiger partial charge is 0.319 e. The molecule has 0 aliphatic heterocycles. The molecule has 0 saturated heterocycles. The summed E-state index contributed by atoms with van der Waals surface area (Å²) in [5.41, 5.74) is 9.17. The molecule has 166 valence electrons. The molecule has 1 rings (SSSR count). The number of unbranched alkanes of at least 4 members (excludes halogenated alkanes) is 4. The minimum atomic E-state index is -0.369. The number of pyridine rings is 1. The van der Waals surface area contributed by atoms with Crippen molar-refractivity contribution < 1.29 is 19.1 Å². The zero-order valence-corrected chi connectivity index (χ0v) is 18.6. The lowest BCUT2D eigenvalue weighted by Crippen LogP contribution is -2.30. The zero-order chi connectivity index (χ0) is 21.9. The molecule has 0 saturated carbocycles. The van der Waals surface area contributed by atoms with Crippen molar-refractivity contribution in [3.63, 3.8) is 0 Å². The van der Waals surface area contributed by atoms with Gasteiger partial charge in [-0.05, 0) is 71.2 Å². The molecule has 0 aliphatic carbocycles. The van der Waals surface area contributed by atoms with Gasteiger partial charge in [0.1, 0.15) is 0 Å². The molecule has 0 aromatic carbocycles. The van der Waals surface area contributed by atoms with Gasteiger partial charge >= 0.3 is 11.9 Å². The molecule has 1 aromatic rings. The van der Waals surface area contributed by atoms with E-state index in [0.717, 1.165) is 17.9 Å². The predicted molar refractivity (Wildman–Crippen MR) is 116 cm³/mol. The van der Waals surface area contributed by atoms with Gasteiger partial charge in [0, 0.05) is 11.4 Å². The Labute approximate surface area is 175 Å². The highest BCUT2D eigenvalue weighted by Crippen LogP contribution is 2.11. The second-order valence-electron chi connectivity index (χ2n) is 6.78. The number of esters is 2. The van der Waals surface area contributed by atoms with Gasteiger partial charge in [0.25, 0.3) is 0 Å². The van der Waals surface area contributed by atoms with E-state index in [1.807, 2.05) is 0 Å². The molecule has 0 atom stereocenters. The van der Waals surface area contributed by atoms with E-state index in [0.29, 0.717) is 13.2 Å². The first-order valence-electron chi connectivity index (χ1n) is 10.6. The summed E-state index contributed by atoms with van der Waals surface area (Å²) in [6.07, 6.45) is 7.57. The largest absolute Gasteiger partial charge is 0.465 e. The lowest BCUT2D eigenvalue weighted by atomic mass is 10.0. The monoisotopic (exact) mass is 409 g/mol. The summed E-state index contributed by atoms with van der Waals surface area (Å²) in [6.45, 7) is 9.18. The summed E-state index contributed by atoms with van der Waals surface area (Å²) < 4.78 is 9.26. The average Bonchev–Trinajstić information content (AvgIpc) is 2.65. The van der Waals surface area contributed by atoms with Crippen LogP contribution in [0.2, 0.25) is 0 Å². The molecule has 0 radical (unpaired) electrons. The molecule has 0 unspecified atom stereocenters. The van der Waals surface area contributed by atoms with E-state index in [1.165, 1.54) is 44.1 Å². The van der Waals surface area contributed by atoms with E-state index in [4.69, 9.17) is 5.73 Å². The fourth-order valence-corrected chi connectivity index (χ4v) is 2.76. The summed E-state index contributed by atoms with van der Waals surface area (Å²) >= 11 is 0. The van der Waals surface area contributed by atoms with Crippen molar-refractivity contribution in [1.29, 1.82) is 0 Å². The van der Waals surface area contributed by atoms with E-state index >= 15 is 0 Å². The Morgan fingerprint density at radius 3 is 1.86 bits per heavy atom. The maximum absolute atomic E-state index is 10.7. The maximum Gasteiger partial charge on any atom is 0.319 e. The summed E-state index contributed by atoms with van der Waals surface area (Å²) in [7, 11) is 0. The van der Waals surface area contributed by atoms with Crippen LogP contribution >= 0.6 is 0 Å². The standard InChI is InChI=1S/C14H24N2.C8H15NO4/c1-12-10-14(11-13(2)16-12)8-6-4-3-5-7-9-15;1-3-12-7(10)5-9-6-8(11)13-4-2/h10-11H,3-9,15H2,1-2H3;9H,3-6H2,1-2H3. The third-order valence-corrected chi connectivity index (χ3v) is 3.96. The molecule has 3 N–H and O–H groups in total. The zero-order valence-electron chi connectivity index (χ0n) is 18.6. The van der Waals surface area contributed by atoms with Gasteiger partial charge < -0.3 is 15.2 Å². The molecule has 7 heteroatoms. The van der Waals surface area contributed by atoms with Crippen molar-refractivity contribution in [1.82, 2.24) is 10.3 Å². The molecule has 1 aromatic heterocycles.